The highest BCUT2D eigenvalue weighted by atomic mass is 32.2. The molecule has 0 saturated carbocycles. The lowest BCUT2D eigenvalue weighted by molar-refractivity contribution is -0.114. The number of amides is 2. The van der Waals surface area contributed by atoms with Gasteiger partial charge in [0.05, 0.1) is 16.0 Å². The Morgan fingerprint density at radius 1 is 0.912 bits per heavy atom. The van der Waals surface area contributed by atoms with E-state index < -0.39 is 27.8 Å². The predicted octanol–water partition coefficient (Wildman–Crippen LogP) is 2.10. The summed E-state index contributed by atoms with van der Waals surface area (Å²) in [5.74, 6) is -2.11. The minimum Gasteiger partial charge on any atom is -0.478 e. The van der Waals surface area contributed by atoms with Crippen LogP contribution in [0.5, 0.6) is 0 Å². The van der Waals surface area contributed by atoms with Crippen molar-refractivity contribution in [3.63, 3.8) is 0 Å². The van der Waals surface area contributed by atoms with Crippen molar-refractivity contribution in [3.8, 4) is 11.1 Å². The van der Waals surface area contributed by atoms with Crippen LogP contribution >= 0.6 is 0 Å². The number of aromatic carboxylic acids is 1. The number of fused-ring (bicyclic) bond motifs is 1. The van der Waals surface area contributed by atoms with Crippen LogP contribution in [0.3, 0.4) is 0 Å². The van der Waals surface area contributed by atoms with E-state index in [1.54, 1.807) is 42.5 Å². The molecule has 1 aliphatic heterocycles. The molecule has 4 rings (SSSR count). The fraction of sp³-hybridized carbons (Fsp3) is 0.0417. The van der Waals surface area contributed by atoms with Crippen LogP contribution < -0.4 is 15.8 Å². The highest BCUT2D eigenvalue weighted by Crippen LogP contribution is 2.29. The average molecular weight is 477 g/mol. The third kappa shape index (κ3) is 4.72. The number of carboxylic acids is 1. The van der Waals surface area contributed by atoms with E-state index in [4.69, 9.17) is 10.2 Å². The summed E-state index contributed by atoms with van der Waals surface area (Å²) < 4.78 is 22.8. The first kappa shape index (κ1) is 22.9. The van der Waals surface area contributed by atoms with Gasteiger partial charge in [-0.1, -0.05) is 30.3 Å². The number of nitrogens with two attached hydrogens (primary N) is 1. The van der Waals surface area contributed by atoms with Crippen molar-refractivity contribution < 1.29 is 27.9 Å². The number of hydrogen-bond acceptors (Lipinski definition) is 6. The molecular formula is C24H19N3O6S. The standard InChI is InChI=1S/C24H19N3O6S/c25-34(32,33)18-8-1-14(2-9-18)12-26-13-21-20-11-17(7-10-19(20)22(28)27-23(21)29)15-3-5-16(6-4-15)24(30)31/h1-11,13,26H,12H2,(H,30,31)(H2,25,32,33)(H,27,28,29)/b21-13-. The van der Waals surface area contributed by atoms with Crippen molar-refractivity contribution >= 4 is 33.4 Å². The van der Waals surface area contributed by atoms with Crippen LogP contribution in [0, 0.1) is 0 Å². The average Bonchev–Trinajstić information content (AvgIpc) is 2.80. The zero-order valence-electron chi connectivity index (χ0n) is 17.6. The Morgan fingerprint density at radius 2 is 1.56 bits per heavy atom. The molecule has 0 atom stereocenters. The van der Waals surface area contributed by atoms with Gasteiger partial charge in [-0.05, 0) is 53.1 Å². The molecule has 0 spiro atoms. The van der Waals surface area contributed by atoms with Crippen LogP contribution in [0.1, 0.15) is 31.8 Å². The fourth-order valence-corrected chi connectivity index (χ4v) is 4.04. The maximum Gasteiger partial charge on any atom is 0.335 e. The number of benzene rings is 3. The summed E-state index contributed by atoms with van der Waals surface area (Å²) in [5, 5.41) is 19.5. The Hall–Kier alpha value is -4.28. The Kier molecular flexibility index (Phi) is 6.01. The minimum atomic E-state index is -3.78. The van der Waals surface area contributed by atoms with E-state index in [0.717, 1.165) is 11.1 Å². The zero-order valence-corrected chi connectivity index (χ0v) is 18.4. The molecule has 0 fully saturated rings. The number of hydrogen-bond donors (Lipinski definition) is 4. The fourth-order valence-electron chi connectivity index (χ4n) is 3.52. The second-order valence-electron chi connectivity index (χ2n) is 7.55. The van der Waals surface area contributed by atoms with E-state index in [-0.39, 0.29) is 16.0 Å². The summed E-state index contributed by atoms with van der Waals surface area (Å²) in [6, 6.07) is 17.3. The molecule has 1 heterocycles. The largest absolute Gasteiger partial charge is 0.478 e. The molecule has 10 heteroatoms. The second-order valence-corrected chi connectivity index (χ2v) is 9.12. The van der Waals surface area contributed by atoms with Crippen LogP contribution in [0.25, 0.3) is 16.7 Å². The molecule has 2 amide bonds. The van der Waals surface area contributed by atoms with Gasteiger partial charge < -0.3 is 10.4 Å². The Morgan fingerprint density at radius 3 is 2.18 bits per heavy atom. The molecule has 34 heavy (non-hydrogen) atoms. The molecule has 0 radical (unpaired) electrons. The number of imide groups is 1. The van der Waals surface area contributed by atoms with Crippen LogP contribution in [-0.4, -0.2) is 31.3 Å². The highest BCUT2D eigenvalue weighted by molar-refractivity contribution is 7.89. The van der Waals surface area contributed by atoms with Crippen molar-refractivity contribution in [2.75, 3.05) is 0 Å². The van der Waals surface area contributed by atoms with E-state index in [9.17, 15) is 22.8 Å². The number of carbonyl (C=O) groups excluding carboxylic acids is 2. The molecule has 5 N–H and O–H groups in total. The van der Waals surface area contributed by atoms with Crippen molar-refractivity contribution in [3.05, 3.63) is 95.2 Å². The second kappa shape index (κ2) is 8.93. The smallest absolute Gasteiger partial charge is 0.335 e. The van der Waals surface area contributed by atoms with Gasteiger partial charge in [0.1, 0.15) is 0 Å². The van der Waals surface area contributed by atoms with Gasteiger partial charge in [-0.2, -0.15) is 0 Å². The summed E-state index contributed by atoms with van der Waals surface area (Å²) in [4.78, 5) is 35.9. The lowest BCUT2D eigenvalue weighted by Crippen LogP contribution is -2.37. The van der Waals surface area contributed by atoms with Gasteiger partial charge in [-0.3, -0.25) is 14.9 Å². The topological polar surface area (TPSA) is 156 Å². The minimum absolute atomic E-state index is 0.00220. The first-order chi connectivity index (χ1) is 16.1. The molecule has 0 aromatic heterocycles. The molecular weight excluding hydrogens is 458 g/mol. The number of carboxylic acid groups (broad SMARTS) is 1. The molecule has 0 bridgehead atoms. The van der Waals surface area contributed by atoms with E-state index in [0.29, 0.717) is 23.2 Å². The summed E-state index contributed by atoms with van der Waals surface area (Å²) in [6.45, 7) is 0.293. The van der Waals surface area contributed by atoms with E-state index in [1.165, 1.54) is 30.5 Å². The number of sulfonamides is 1. The summed E-state index contributed by atoms with van der Waals surface area (Å²) in [5.41, 5.74) is 3.36. The highest BCUT2D eigenvalue weighted by Gasteiger charge is 2.27. The van der Waals surface area contributed by atoms with Gasteiger partial charge in [0.15, 0.2) is 0 Å². The van der Waals surface area contributed by atoms with E-state index >= 15 is 0 Å². The molecule has 0 unspecified atom stereocenters. The molecule has 1 aliphatic rings. The molecule has 9 nitrogen and oxygen atoms in total. The zero-order chi connectivity index (χ0) is 24.5. The van der Waals surface area contributed by atoms with Gasteiger partial charge in [-0.15, -0.1) is 0 Å². The van der Waals surface area contributed by atoms with Gasteiger partial charge in [0.2, 0.25) is 10.0 Å². The number of primary sulfonamides is 1. The van der Waals surface area contributed by atoms with Crippen molar-refractivity contribution in [1.29, 1.82) is 0 Å². The van der Waals surface area contributed by atoms with Gasteiger partial charge in [0.25, 0.3) is 11.8 Å². The molecule has 3 aromatic rings. The monoisotopic (exact) mass is 477 g/mol. The maximum atomic E-state index is 12.5. The first-order valence-electron chi connectivity index (χ1n) is 10.0. The van der Waals surface area contributed by atoms with Crippen LogP contribution in [-0.2, 0) is 21.4 Å². The van der Waals surface area contributed by atoms with E-state index in [1.807, 2.05) is 0 Å². The Labute approximate surface area is 195 Å². The van der Waals surface area contributed by atoms with Crippen molar-refractivity contribution in [2.24, 2.45) is 5.14 Å². The lowest BCUT2D eigenvalue weighted by Gasteiger charge is -2.19. The van der Waals surface area contributed by atoms with Gasteiger partial charge in [-0.25, -0.2) is 18.4 Å². The van der Waals surface area contributed by atoms with Crippen LogP contribution in [0.4, 0.5) is 0 Å². The third-order valence-corrected chi connectivity index (χ3v) is 6.22. The summed E-state index contributed by atoms with van der Waals surface area (Å²) >= 11 is 0. The Balaban J connectivity index is 1.61. The van der Waals surface area contributed by atoms with Crippen LogP contribution in [0.15, 0.2) is 77.8 Å². The molecule has 0 aliphatic carbocycles. The molecule has 0 saturated heterocycles. The Bertz CT molecular complexity index is 1440. The number of carbonyl (C=O) groups is 3. The van der Waals surface area contributed by atoms with Crippen molar-refractivity contribution in [1.82, 2.24) is 10.6 Å². The predicted molar refractivity (Wildman–Crippen MR) is 124 cm³/mol. The normalized spacial score (nSPS) is 14.4. The van der Waals surface area contributed by atoms with Gasteiger partial charge in [0, 0.05) is 23.9 Å². The quantitative estimate of drug-likeness (QED) is 0.313. The lowest BCUT2D eigenvalue weighted by atomic mass is 9.91. The van der Waals surface area contributed by atoms with Crippen molar-refractivity contribution in [2.45, 2.75) is 11.4 Å². The SMILES string of the molecule is NS(=O)(=O)c1ccc(CN/C=C2\C(=O)NC(=O)c3ccc(-c4ccc(C(=O)O)cc4)cc32)cc1. The first-order valence-corrected chi connectivity index (χ1v) is 11.6. The van der Waals surface area contributed by atoms with Gasteiger partial charge >= 0.3 is 5.97 Å². The molecule has 3 aromatic carbocycles. The number of nitrogens with one attached hydrogen (secondary N) is 2. The molecule has 172 valence electrons. The third-order valence-electron chi connectivity index (χ3n) is 5.30. The summed E-state index contributed by atoms with van der Waals surface area (Å²) in [6.07, 6.45) is 1.49. The summed E-state index contributed by atoms with van der Waals surface area (Å²) in [7, 11) is -3.78. The number of rotatable bonds is 6. The van der Waals surface area contributed by atoms with E-state index in [2.05, 4.69) is 10.6 Å². The van der Waals surface area contributed by atoms with Crippen LogP contribution in [0.2, 0.25) is 0 Å². The maximum absolute atomic E-state index is 12.5.